The molecule has 3 nitrogen and oxygen atoms in total. The Labute approximate surface area is 99.7 Å². The third-order valence-electron chi connectivity index (χ3n) is 2.56. The average molecular weight is 231 g/mol. The van der Waals surface area contributed by atoms with E-state index in [1.165, 1.54) is 11.1 Å². The van der Waals surface area contributed by atoms with Crippen molar-refractivity contribution in [3.8, 4) is 0 Å². The van der Waals surface area contributed by atoms with Crippen molar-refractivity contribution in [2.75, 3.05) is 5.32 Å². The fourth-order valence-corrected chi connectivity index (χ4v) is 1.65. The Morgan fingerprint density at radius 2 is 1.76 bits per heavy atom. The number of benzene rings is 1. The number of hydrogen-bond donors (Lipinski definition) is 1. The third kappa shape index (κ3) is 3.00. The molecule has 2 rings (SSSR count). The van der Waals surface area contributed by atoms with Gasteiger partial charge in [0.15, 0.2) is 5.82 Å². The second kappa shape index (κ2) is 5.39. The maximum Gasteiger partial charge on any atom is 0.223 e. The number of nitrogens with zero attached hydrogens (tertiary/aromatic N) is 2. The smallest absolute Gasteiger partial charge is 0.223 e. The Kier molecular flexibility index (Phi) is 3.65. The highest BCUT2D eigenvalue weighted by molar-refractivity contribution is 5.32. The zero-order valence-electron chi connectivity index (χ0n) is 9.65. The highest BCUT2D eigenvalue weighted by atomic mass is 19.1. The largest absolute Gasteiger partial charge is 0.350 e. The van der Waals surface area contributed by atoms with Crippen molar-refractivity contribution in [1.29, 1.82) is 0 Å². The standard InChI is InChI=1S/C13H14FN3/c1-2-10-5-3-4-6-11(10)7-15-13-16-8-12(14)9-17-13/h3-6,8-9H,2,7H2,1H3,(H,15,16,17). The summed E-state index contributed by atoms with van der Waals surface area (Å²) in [5.74, 6) is 0.0156. The number of anilines is 1. The Balaban J connectivity index is 2.04. The first-order chi connectivity index (χ1) is 8.29. The highest BCUT2D eigenvalue weighted by Crippen LogP contribution is 2.11. The molecule has 0 atom stereocenters. The first-order valence-corrected chi connectivity index (χ1v) is 5.58. The van der Waals surface area contributed by atoms with Crippen LogP contribution in [-0.2, 0) is 13.0 Å². The molecular weight excluding hydrogens is 217 g/mol. The van der Waals surface area contributed by atoms with Crippen molar-refractivity contribution < 1.29 is 4.39 Å². The van der Waals surface area contributed by atoms with E-state index < -0.39 is 5.82 Å². The maximum atomic E-state index is 12.6. The lowest BCUT2D eigenvalue weighted by Crippen LogP contribution is -2.05. The monoisotopic (exact) mass is 231 g/mol. The van der Waals surface area contributed by atoms with Gasteiger partial charge in [0.05, 0.1) is 12.4 Å². The van der Waals surface area contributed by atoms with E-state index in [0.29, 0.717) is 12.5 Å². The molecule has 0 unspecified atom stereocenters. The molecule has 0 saturated carbocycles. The van der Waals surface area contributed by atoms with E-state index in [1.807, 2.05) is 12.1 Å². The van der Waals surface area contributed by atoms with Crippen LogP contribution in [0.2, 0.25) is 0 Å². The summed E-state index contributed by atoms with van der Waals surface area (Å²) in [6.07, 6.45) is 3.30. The molecule has 0 fully saturated rings. The summed E-state index contributed by atoms with van der Waals surface area (Å²) in [5.41, 5.74) is 2.50. The number of aromatic nitrogens is 2. The number of hydrogen-bond acceptors (Lipinski definition) is 3. The second-order valence-corrected chi connectivity index (χ2v) is 3.70. The third-order valence-corrected chi connectivity index (χ3v) is 2.56. The number of rotatable bonds is 4. The number of nitrogens with one attached hydrogen (secondary N) is 1. The van der Waals surface area contributed by atoms with Gasteiger partial charge >= 0.3 is 0 Å². The number of aryl methyl sites for hydroxylation is 1. The molecule has 0 saturated heterocycles. The van der Waals surface area contributed by atoms with Crippen LogP contribution in [0, 0.1) is 5.82 Å². The summed E-state index contributed by atoms with van der Waals surface area (Å²) >= 11 is 0. The minimum absolute atomic E-state index is 0.426. The Morgan fingerprint density at radius 3 is 2.41 bits per heavy atom. The zero-order valence-corrected chi connectivity index (χ0v) is 9.65. The van der Waals surface area contributed by atoms with Crippen molar-refractivity contribution in [2.24, 2.45) is 0 Å². The molecule has 4 heteroatoms. The van der Waals surface area contributed by atoms with Crippen LogP contribution in [-0.4, -0.2) is 9.97 Å². The zero-order chi connectivity index (χ0) is 12.1. The van der Waals surface area contributed by atoms with E-state index in [0.717, 1.165) is 18.8 Å². The minimum atomic E-state index is -0.426. The van der Waals surface area contributed by atoms with Crippen molar-refractivity contribution in [3.05, 3.63) is 53.6 Å². The van der Waals surface area contributed by atoms with Crippen LogP contribution in [0.5, 0.6) is 0 Å². The van der Waals surface area contributed by atoms with Gasteiger partial charge in [0.1, 0.15) is 0 Å². The SMILES string of the molecule is CCc1ccccc1CNc1ncc(F)cn1. The maximum absolute atomic E-state index is 12.6. The van der Waals surface area contributed by atoms with Crippen molar-refractivity contribution >= 4 is 5.95 Å². The van der Waals surface area contributed by atoms with Crippen molar-refractivity contribution in [3.63, 3.8) is 0 Å². The van der Waals surface area contributed by atoms with Crippen molar-refractivity contribution in [1.82, 2.24) is 9.97 Å². The summed E-state index contributed by atoms with van der Waals surface area (Å²) in [5, 5.41) is 3.07. The van der Waals surface area contributed by atoms with Gasteiger partial charge in [0, 0.05) is 6.54 Å². The van der Waals surface area contributed by atoms with Gasteiger partial charge in [0.2, 0.25) is 5.95 Å². The summed E-state index contributed by atoms with van der Waals surface area (Å²) < 4.78 is 12.6. The van der Waals surface area contributed by atoms with E-state index in [9.17, 15) is 4.39 Å². The molecule has 1 aromatic carbocycles. The summed E-state index contributed by atoms with van der Waals surface area (Å²) in [6, 6.07) is 8.19. The van der Waals surface area contributed by atoms with Gasteiger partial charge < -0.3 is 5.32 Å². The Bertz CT molecular complexity index is 482. The number of halogens is 1. The molecular formula is C13H14FN3. The average Bonchev–Trinajstić information content (AvgIpc) is 2.38. The molecule has 0 radical (unpaired) electrons. The fourth-order valence-electron chi connectivity index (χ4n) is 1.65. The van der Waals surface area contributed by atoms with Gasteiger partial charge in [-0.25, -0.2) is 14.4 Å². The normalized spacial score (nSPS) is 10.2. The van der Waals surface area contributed by atoms with Crippen LogP contribution in [0.1, 0.15) is 18.1 Å². The first-order valence-electron chi connectivity index (χ1n) is 5.58. The van der Waals surface area contributed by atoms with Gasteiger partial charge in [-0.15, -0.1) is 0 Å². The van der Waals surface area contributed by atoms with Gasteiger partial charge in [0.25, 0.3) is 0 Å². The predicted molar refractivity (Wildman–Crippen MR) is 65.1 cm³/mol. The highest BCUT2D eigenvalue weighted by Gasteiger charge is 2.01. The van der Waals surface area contributed by atoms with Gasteiger partial charge in [-0.2, -0.15) is 0 Å². The summed E-state index contributed by atoms with van der Waals surface area (Å²) in [4.78, 5) is 7.70. The molecule has 1 aromatic heterocycles. The van der Waals surface area contributed by atoms with Crippen LogP contribution < -0.4 is 5.32 Å². The fraction of sp³-hybridized carbons (Fsp3) is 0.231. The first kappa shape index (κ1) is 11.5. The molecule has 0 bridgehead atoms. The Morgan fingerprint density at radius 1 is 1.12 bits per heavy atom. The molecule has 0 amide bonds. The lowest BCUT2D eigenvalue weighted by Gasteiger charge is -2.08. The molecule has 0 spiro atoms. The van der Waals surface area contributed by atoms with Crippen LogP contribution in [0.3, 0.4) is 0 Å². The topological polar surface area (TPSA) is 37.8 Å². The van der Waals surface area contributed by atoms with E-state index >= 15 is 0 Å². The molecule has 0 aliphatic heterocycles. The van der Waals surface area contributed by atoms with Gasteiger partial charge in [-0.1, -0.05) is 31.2 Å². The molecule has 2 aromatic rings. The second-order valence-electron chi connectivity index (χ2n) is 3.70. The molecule has 0 aliphatic carbocycles. The molecule has 88 valence electrons. The predicted octanol–water partition coefficient (Wildman–Crippen LogP) is 2.79. The van der Waals surface area contributed by atoms with Crippen molar-refractivity contribution in [2.45, 2.75) is 19.9 Å². The van der Waals surface area contributed by atoms with E-state index in [1.54, 1.807) is 0 Å². The molecule has 17 heavy (non-hydrogen) atoms. The Hall–Kier alpha value is -1.97. The van der Waals surface area contributed by atoms with E-state index in [4.69, 9.17) is 0 Å². The lowest BCUT2D eigenvalue weighted by atomic mass is 10.1. The summed E-state index contributed by atoms with van der Waals surface area (Å²) in [6.45, 7) is 2.77. The molecule has 1 heterocycles. The minimum Gasteiger partial charge on any atom is -0.350 e. The lowest BCUT2D eigenvalue weighted by molar-refractivity contribution is 0.614. The van der Waals surface area contributed by atoms with Gasteiger partial charge in [-0.3, -0.25) is 0 Å². The van der Waals surface area contributed by atoms with E-state index in [2.05, 4.69) is 34.3 Å². The van der Waals surface area contributed by atoms with Crippen LogP contribution in [0.15, 0.2) is 36.7 Å². The van der Waals surface area contributed by atoms with Crippen LogP contribution in [0.4, 0.5) is 10.3 Å². The van der Waals surface area contributed by atoms with E-state index in [-0.39, 0.29) is 0 Å². The molecule has 0 aliphatic rings. The van der Waals surface area contributed by atoms with Crippen LogP contribution in [0.25, 0.3) is 0 Å². The molecule has 1 N–H and O–H groups in total. The van der Waals surface area contributed by atoms with Crippen LogP contribution >= 0.6 is 0 Å². The quantitative estimate of drug-likeness (QED) is 0.879. The van der Waals surface area contributed by atoms with Gasteiger partial charge in [-0.05, 0) is 17.5 Å². The summed E-state index contributed by atoms with van der Waals surface area (Å²) in [7, 11) is 0.